The minimum Gasteiger partial charge on any atom is -0.478 e. The van der Waals surface area contributed by atoms with Crippen LogP contribution in [-0.2, 0) is 5.54 Å². The maximum absolute atomic E-state index is 11.2. The quantitative estimate of drug-likeness (QED) is 0.905. The Labute approximate surface area is 122 Å². The van der Waals surface area contributed by atoms with Crippen molar-refractivity contribution in [3.05, 3.63) is 29.6 Å². The fourth-order valence-electron chi connectivity index (χ4n) is 3.38. The number of carbonyl (C=O) groups is 1. The molecule has 0 unspecified atom stereocenters. The Kier molecular flexibility index (Phi) is 2.63. The lowest BCUT2D eigenvalue weighted by atomic mass is 9.76. The van der Waals surface area contributed by atoms with Crippen molar-refractivity contribution >= 4 is 17.0 Å². The number of fused-ring (bicyclic) bond motifs is 1. The van der Waals surface area contributed by atoms with Gasteiger partial charge in [0, 0.05) is 5.92 Å². The van der Waals surface area contributed by atoms with E-state index in [1.54, 1.807) is 18.2 Å². The van der Waals surface area contributed by atoms with Crippen molar-refractivity contribution < 1.29 is 15.0 Å². The number of aromatic carboxylic acids is 1. The highest BCUT2D eigenvalue weighted by Crippen LogP contribution is 2.47. The molecule has 2 aliphatic rings. The second kappa shape index (κ2) is 4.31. The average molecular weight is 286 g/mol. The van der Waals surface area contributed by atoms with Crippen molar-refractivity contribution in [1.82, 2.24) is 9.55 Å². The fourth-order valence-corrected chi connectivity index (χ4v) is 3.38. The van der Waals surface area contributed by atoms with E-state index in [1.165, 1.54) is 0 Å². The number of carboxylic acids is 1. The molecule has 4 rings (SSSR count). The third kappa shape index (κ3) is 1.80. The molecular formula is C16H18N2O3. The Bertz CT molecular complexity index is 721. The number of benzene rings is 1. The minimum atomic E-state index is -0.927. The molecule has 1 aromatic heterocycles. The van der Waals surface area contributed by atoms with Crippen LogP contribution in [0, 0.1) is 0 Å². The van der Waals surface area contributed by atoms with E-state index < -0.39 is 5.97 Å². The van der Waals surface area contributed by atoms with Crippen molar-refractivity contribution in [3.63, 3.8) is 0 Å². The smallest absolute Gasteiger partial charge is 0.335 e. The molecule has 2 N–H and O–H groups in total. The van der Waals surface area contributed by atoms with Gasteiger partial charge in [-0.05, 0) is 50.3 Å². The molecule has 2 aromatic rings. The second-order valence-electron chi connectivity index (χ2n) is 6.32. The summed E-state index contributed by atoms with van der Waals surface area (Å²) in [4.78, 5) is 16.0. The number of aliphatic hydroxyl groups excluding tert-OH is 1. The summed E-state index contributed by atoms with van der Waals surface area (Å²) in [5.74, 6) is 0.570. The molecule has 0 saturated heterocycles. The monoisotopic (exact) mass is 286 g/mol. The molecule has 2 aliphatic carbocycles. The number of hydrogen-bond acceptors (Lipinski definition) is 3. The molecule has 1 aromatic carbocycles. The predicted molar refractivity (Wildman–Crippen MR) is 77.6 cm³/mol. The van der Waals surface area contributed by atoms with E-state index >= 15 is 0 Å². The zero-order valence-electron chi connectivity index (χ0n) is 11.7. The Balaban J connectivity index is 1.97. The molecular weight excluding hydrogens is 268 g/mol. The zero-order valence-corrected chi connectivity index (χ0v) is 11.7. The molecule has 5 nitrogen and oxygen atoms in total. The van der Waals surface area contributed by atoms with Crippen LogP contribution in [0.4, 0.5) is 0 Å². The van der Waals surface area contributed by atoms with Crippen molar-refractivity contribution in [2.24, 2.45) is 0 Å². The number of aliphatic hydroxyl groups is 1. The van der Waals surface area contributed by atoms with Gasteiger partial charge in [-0.2, -0.15) is 0 Å². The predicted octanol–water partition coefficient (Wildman–Crippen LogP) is 2.48. The van der Waals surface area contributed by atoms with Crippen LogP contribution in [0.15, 0.2) is 18.2 Å². The summed E-state index contributed by atoms with van der Waals surface area (Å²) >= 11 is 0. The van der Waals surface area contributed by atoms with E-state index in [4.69, 9.17) is 4.98 Å². The number of nitrogens with zero attached hydrogens (tertiary/aromatic N) is 2. The van der Waals surface area contributed by atoms with Gasteiger partial charge < -0.3 is 14.8 Å². The lowest BCUT2D eigenvalue weighted by molar-refractivity contribution is 0.0562. The SMILES string of the molecule is O=C(O)c1ccc2nc(C3CC3)n(C3(CO)CCC3)c2c1. The molecule has 0 atom stereocenters. The summed E-state index contributed by atoms with van der Waals surface area (Å²) in [6.45, 7) is 0.0927. The molecule has 110 valence electrons. The lowest BCUT2D eigenvalue weighted by Gasteiger charge is -2.43. The van der Waals surface area contributed by atoms with Crippen LogP contribution in [0.2, 0.25) is 0 Å². The summed E-state index contributed by atoms with van der Waals surface area (Å²) in [7, 11) is 0. The Hall–Kier alpha value is -1.88. The van der Waals surface area contributed by atoms with Gasteiger partial charge >= 0.3 is 5.97 Å². The third-order valence-electron chi connectivity index (χ3n) is 4.92. The first-order valence-corrected chi connectivity index (χ1v) is 7.52. The second-order valence-corrected chi connectivity index (χ2v) is 6.32. The Morgan fingerprint density at radius 3 is 2.67 bits per heavy atom. The summed E-state index contributed by atoms with van der Waals surface area (Å²) in [6.07, 6.45) is 5.24. The number of carboxylic acid groups (broad SMARTS) is 1. The molecule has 0 spiro atoms. The van der Waals surface area contributed by atoms with E-state index in [2.05, 4.69) is 4.57 Å². The molecule has 2 fully saturated rings. The molecule has 0 aliphatic heterocycles. The first kappa shape index (κ1) is 12.8. The highest BCUT2D eigenvalue weighted by Gasteiger charge is 2.43. The van der Waals surface area contributed by atoms with Crippen LogP contribution < -0.4 is 0 Å². The average Bonchev–Trinajstić information content (AvgIpc) is 3.20. The first-order chi connectivity index (χ1) is 10.1. The summed E-state index contributed by atoms with van der Waals surface area (Å²) in [5.41, 5.74) is 1.69. The van der Waals surface area contributed by atoms with E-state index in [1.807, 2.05) is 0 Å². The highest BCUT2D eigenvalue weighted by molar-refractivity contribution is 5.92. The normalized spacial score (nSPS) is 20.4. The van der Waals surface area contributed by atoms with Crippen LogP contribution in [-0.4, -0.2) is 32.3 Å². The molecule has 1 heterocycles. The van der Waals surface area contributed by atoms with Gasteiger partial charge in [0.15, 0.2) is 0 Å². The maximum atomic E-state index is 11.2. The number of rotatable bonds is 4. The number of imidazole rings is 1. The van der Waals surface area contributed by atoms with Crippen LogP contribution in [0.1, 0.15) is 54.2 Å². The number of hydrogen-bond donors (Lipinski definition) is 2. The largest absolute Gasteiger partial charge is 0.478 e. The fraction of sp³-hybridized carbons (Fsp3) is 0.500. The van der Waals surface area contributed by atoms with Crippen LogP contribution in [0.25, 0.3) is 11.0 Å². The van der Waals surface area contributed by atoms with Gasteiger partial charge in [-0.25, -0.2) is 9.78 Å². The molecule has 5 heteroatoms. The minimum absolute atomic E-state index is 0.0927. The third-order valence-corrected chi connectivity index (χ3v) is 4.92. The van der Waals surface area contributed by atoms with E-state index in [-0.39, 0.29) is 17.7 Å². The first-order valence-electron chi connectivity index (χ1n) is 7.52. The zero-order chi connectivity index (χ0) is 14.6. The molecule has 2 saturated carbocycles. The summed E-state index contributed by atoms with van der Waals surface area (Å²) < 4.78 is 2.15. The van der Waals surface area contributed by atoms with Gasteiger partial charge in [-0.1, -0.05) is 0 Å². The lowest BCUT2D eigenvalue weighted by Crippen LogP contribution is -2.44. The van der Waals surface area contributed by atoms with Gasteiger partial charge in [-0.3, -0.25) is 0 Å². The van der Waals surface area contributed by atoms with Gasteiger partial charge in [0.1, 0.15) is 5.82 Å². The number of aromatic nitrogens is 2. The standard InChI is InChI=1S/C16H18N2O3/c19-9-16(6-1-7-16)18-13-8-11(15(20)21)4-5-12(13)17-14(18)10-2-3-10/h4-5,8,10,19H,1-3,6-7,9H2,(H,20,21). The topological polar surface area (TPSA) is 75.3 Å². The molecule has 21 heavy (non-hydrogen) atoms. The van der Waals surface area contributed by atoms with Gasteiger partial charge in [0.05, 0.1) is 28.7 Å². The van der Waals surface area contributed by atoms with Gasteiger partial charge in [0.2, 0.25) is 0 Å². The molecule has 0 amide bonds. The van der Waals surface area contributed by atoms with E-state index in [0.29, 0.717) is 5.92 Å². The summed E-state index contributed by atoms with van der Waals surface area (Å²) in [5, 5.41) is 19.1. The van der Waals surface area contributed by atoms with Crippen molar-refractivity contribution in [2.45, 2.75) is 43.6 Å². The van der Waals surface area contributed by atoms with E-state index in [9.17, 15) is 15.0 Å². The van der Waals surface area contributed by atoms with Gasteiger partial charge in [-0.15, -0.1) is 0 Å². The molecule has 0 radical (unpaired) electrons. The van der Waals surface area contributed by atoms with Crippen molar-refractivity contribution in [1.29, 1.82) is 0 Å². The summed E-state index contributed by atoms with van der Waals surface area (Å²) in [6, 6.07) is 5.09. The van der Waals surface area contributed by atoms with E-state index in [0.717, 1.165) is 49.0 Å². The highest BCUT2D eigenvalue weighted by atomic mass is 16.4. The van der Waals surface area contributed by atoms with Crippen molar-refractivity contribution in [3.8, 4) is 0 Å². The van der Waals surface area contributed by atoms with Crippen molar-refractivity contribution in [2.75, 3.05) is 6.61 Å². The van der Waals surface area contributed by atoms with Gasteiger partial charge in [0.25, 0.3) is 0 Å². The Morgan fingerprint density at radius 1 is 1.38 bits per heavy atom. The van der Waals surface area contributed by atoms with Crippen LogP contribution in [0.3, 0.4) is 0 Å². The Morgan fingerprint density at radius 2 is 2.14 bits per heavy atom. The van der Waals surface area contributed by atoms with Crippen LogP contribution in [0.5, 0.6) is 0 Å². The van der Waals surface area contributed by atoms with Crippen LogP contribution >= 0.6 is 0 Å². The maximum Gasteiger partial charge on any atom is 0.335 e. The molecule has 0 bridgehead atoms.